The second kappa shape index (κ2) is 8.59. The molecule has 0 aliphatic heterocycles. The molecule has 3 heterocycles. The van der Waals surface area contributed by atoms with Gasteiger partial charge in [-0.3, -0.25) is 19.5 Å². The fraction of sp³-hybridized carbons (Fsp3) is 0.222. The first kappa shape index (κ1) is 20.0. The Morgan fingerprint density at radius 1 is 1.27 bits per heavy atom. The zero-order valence-electron chi connectivity index (χ0n) is 15.8. The van der Waals surface area contributed by atoms with E-state index in [-0.39, 0.29) is 11.6 Å². The van der Waals surface area contributed by atoms with Gasteiger partial charge in [0.1, 0.15) is 17.4 Å². The number of benzene rings is 1. The van der Waals surface area contributed by atoms with E-state index in [0.717, 1.165) is 10.6 Å². The van der Waals surface area contributed by atoms with E-state index in [1.807, 2.05) is 43.5 Å². The van der Waals surface area contributed by atoms with Crippen LogP contribution in [0.15, 0.2) is 48.9 Å². The minimum Gasteiger partial charge on any atom is -0.313 e. The number of hydrogen-bond donors (Lipinski definition) is 1. The molecule has 154 valence electrons. The van der Waals surface area contributed by atoms with Crippen molar-refractivity contribution < 1.29 is 4.92 Å². The van der Waals surface area contributed by atoms with Gasteiger partial charge in [0, 0.05) is 23.2 Å². The summed E-state index contributed by atoms with van der Waals surface area (Å²) in [4.78, 5) is 10.3. The Morgan fingerprint density at radius 3 is 2.87 bits per heavy atom. The molecule has 0 saturated heterocycles. The third-order valence-electron chi connectivity index (χ3n) is 4.32. The highest BCUT2D eigenvalue weighted by atomic mass is 35.5. The topological polar surface area (TPSA) is 117 Å². The molecule has 1 aromatic carbocycles. The summed E-state index contributed by atoms with van der Waals surface area (Å²) in [5.74, 6) is 0.649. The molecule has 0 unspecified atom stereocenters. The molecule has 12 heteroatoms. The lowest BCUT2D eigenvalue weighted by molar-refractivity contribution is -0.385. The molecule has 0 saturated carbocycles. The lowest BCUT2D eigenvalue weighted by Gasteiger charge is -2.06. The van der Waals surface area contributed by atoms with Crippen molar-refractivity contribution in [2.24, 2.45) is 0 Å². The Morgan fingerprint density at radius 2 is 2.10 bits per heavy atom. The summed E-state index contributed by atoms with van der Waals surface area (Å²) in [7, 11) is 0. The maximum atomic E-state index is 10.8. The molecular weight excluding hydrogens is 428 g/mol. The predicted octanol–water partition coefficient (Wildman–Crippen LogP) is 4.09. The van der Waals surface area contributed by atoms with E-state index < -0.39 is 4.92 Å². The number of nitro groups is 1. The van der Waals surface area contributed by atoms with Crippen LogP contribution in [0.4, 0.5) is 16.6 Å². The van der Waals surface area contributed by atoms with Gasteiger partial charge in [-0.2, -0.15) is 10.2 Å². The summed E-state index contributed by atoms with van der Waals surface area (Å²) in [6.45, 7) is 3.00. The Hall–Kier alpha value is -3.31. The molecule has 0 amide bonds. The van der Waals surface area contributed by atoms with Gasteiger partial charge in [0.25, 0.3) is 0 Å². The van der Waals surface area contributed by atoms with Crippen molar-refractivity contribution in [1.82, 2.24) is 29.8 Å². The molecule has 0 aliphatic carbocycles. The van der Waals surface area contributed by atoms with Crippen molar-refractivity contribution in [3.05, 3.63) is 74.6 Å². The minimum absolute atomic E-state index is 0.00432. The second-order valence-electron chi connectivity index (χ2n) is 6.64. The highest BCUT2D eigenvalue weighted by molar-refractivity contribution is 7.15. The third-order valence-corrected chi connectivity index (χ3v) is 5.76. The Balaban J connectivity index is 1.38. The minimum atomic E-state index is -0.466. The average Bonchev–Trinajstić information content (AvgIpc) is 3.45. The van der Waals surface area contributed by atoms with Crippen molar-refractivity contribution in [3.63, 3.8) is 0 Å². The fourth-order valence-electron chi connectivity index (χ4n) is 2.82. The highest BCUT2D eigenvalue weighted by Crippen LogP contribution is 2.26. The number of nitrogens with zero attached hydrogens (tertiary/aromatic N) is 7. The lowest BCUT2D eigenvalue weighted by atomic mass is 10.2. The van der Waals surface area contributed by atoms with Crippen LogP contribution in [0.5, 0.6) is 0 Å². The quantitative estimate of drug-likeness (QED) is 0.321. The largest absolute Gasteiger partial charge is 0.313 e. The first-order chi connectivity index (χ1) is 14.5. The van der Waals surface area contributed by atoms with Gasteiger partial charge in [0.05, 0.1) is 18.0 Å². The summed E-state index contributed by atoms with van der Waals surface area (Å²) in [5.41, 5.74) is 0.953. The summed E-state index contributed by atoms with van der Waals surface area (Å²) in [6, 6.07) is 9.50. The van der Waals surface area contributed by atoms with Crippen LogP contribution in [0.1, 0.15) is 23.4 Å². The molecule has 10 nitrogen and oxygen atoms in total. The highest BCUT2D eigenvalue weighted by Gasteiger charge is 2.16. The first-order valence-corrected chi connectivity index (χ1v) is 10.2. The molecule has 30 heavy (non-hydrogen) atoms. The number of halogens is 1. The van der Waals surface area contributed by atoms with Gasteiger partial charge < -0.3 is 5.32 Å². The molecular formula is C18H17ClN8O2S. The van der Waals surface area contributed by atoms with E-state index in [4.69, 9.17) is 11.6 Å². The molecule has 4 rings (SSSR count). The van der Waals surface area contributed by atoms with Crippen molar-refractivity contribution in [1.29, 1.82) is 0 Å². The maximum Gasteiger partial charge on any atom is 0.306 e. The van der Waals surface area contributed by atoms with Gasteiger partial charge in [-0.15, -0.1) is 10.2 Å². The average molecular weight is 445 g/mol. The first-order valence-electron chi connectivity index (χ1n) is 9.02. The summed E-state index contributed by atoms with van der Waals surface area (Å²) in [5, 5.41) is 32.9. The van der Waals surface area contributed by atoms with E-state index in [9.17, 15) is 10.1 Å². The SMILES string of the molecule is C[C@H](Cn1cc([N+](=O)[O-])cn1)c1nnc(Nc2ccn(Cc3ccccc3Cl)n2)s1. The standard InChI is InChI=1S/C18H17ClN8O2S/c1-12(9-26-11-14(8-20-26)27(28)29)17-22-23-18(30-17)21-16-6-7-25(24-16)10-13-4-2-3-5-15(13)19/h2-8,11-12H,9-10H2,1H3,(H,21,23,24)/t12-/m1/s1. The zero-order chi connectivity index (χ0) is 21.1. The summed E-state index contributed by atoms with van der Waals surface area (Å²) >= 11 is 7.61. The van der Waals surface area contributed by atoms with Gasteiger partial charge in [-0.1, -0.05) is 48.1 Å². The van der Waals surface area contributed by atoms with E-state index in [0.29, 0.717) is 29.1 Å². The number of rotatable bonds is 8. The van der Waals surface area contributed by atoms with Gasteiger partial charge in [0.15, 0.2) is 5.82 Å². The van der Waals surface area contributed by atoms with E-state index in [1.165, 1.54) is 28.4 Å². The number of nitrogens with one attached hydrogen (secondary N) is 1. The van der Waals surface area contributed by atoms with Crippen LogP contribution in [0.3, 0.4) is 0 Å². The van der Waals surface area contributed by atoms with E-state index >= 15 is 0 Å². The van der Waals surface area contributed by atoms with Gasteiger partial charge in [-0.25, -0.2) is 0 Å². The number of hydrogen-bond acceptors (Lipinski definition) is 8. The smallest absolute Gasteiger partial charge is 0.306 e. The summed E-state index contributed by atoms with van der Waals surface area (Å²) in [6.07, 6.45) is 4.50. The molecule has 0 fully saturated rings. The molecule has 4 aromatic rings. The Labute approximate surface area is 180 Å². The Kier molecular flexibility index (Phi) is 5.72. The van der Waals surface area contributed by atoms with Crippen LogP contribution in [-0.4, -0.2) is 34.7 Å². The van der Waals surface area contributed by atoms with Crippen LogP contribution in [0, 0.1) is 10.1 Å². The van der Waals surface area contributed by atoms with Crippen LogP contribution < -0.4 is 5.32 Å². The van der Waals surface area contributed by atoms with Crippen molar-refractivity contribution in [3.8, 4) is 0 Å². The second-order valence-corrected chi connectivity index (χ2v) is 8.06. The zero-order valence-corrected chi connectivity index (χ0v) is 17.4. The molecule has 0 bridgehead atoms. The Bertz CT molecular complexity index is 1170. The third kappa shape index (κ3) is 4.63. The molecule has 1 atom stereocenters. The molecule has 0 aliphatic rings. The maximum absolute atomic E-state index is 10.8. The van der Waals surface area contributed by atoms with E-state index in [1.54, 1.807) is 4.68 Å². The molecule has 0 radical (unpaired) electrons. The van der Waals surface area contributed by atoms with E-state index in [2.05, 4.69) is 25.7 Å². The van der Waals surface area contributed by atoms with Gasteiger partial charge in [0.2, 0.25) is 5.13 Å². The molecule has 1 N–H and O–H groups in total. The normalized spacial score (nSPS) is 12.1. The van der Waals surface area contributed by atoms with Crippen molar-refractivity contribution in [2.75, 3.05) is 5.32 Å². The van der Waals surface area contributed by atoms with Crippen molar-refractivity contribution >= 4 is 39.6 Å². The lowest BCUT2D eigenvalue weighted by Crippen LogP contribution is -2.06. The fourth-order valence-corrected chi connectivity index (χ4v) is 3.81. The number of anilines is 2. The summed E-state index contributed by atoms with van der Waals surface area (Å²) < 4.78 is 3.33. The van der Waals surface area contributed by atoms with Crippen molar-refractivity contribution in [2.45, 2.75) is 25.9 Å². The molecule has 3 aromatic heterocycles. The van der Waals surface area contributed by atoms with Gasteiger partial charge in [-0.05, 0) is 11.6 Å². The monoisotopic (exact) mass is 444 g/mol. The predicted molar refractivity (Wildman–Crippen MR) is 113 cm³/mol. The van der Waals surface area contributed by atoms with Crippen LogP contribution in [0.2, 0.25) is 5.02 Å². The number of aromatic nitrogens is 6. The molecule has 0 spiro atoms. The van der Waals surface area contributed by atoms with Gasteiger partial charge >= 0.3 is 5.69 Å². The van der Waals surface area contributed by atoms with Crippen LogP contribution in [0.25, 0.3) is 0 Å². The van der Waals surface area contributed by atoms with Crippen LogP contribution in [-0.2, 0) is 13.1 Å². The van der Waals surface area contributed by atoms with Crippen LogP contribution >= 0.6 is 22.9 Å².